The first-order chi connectivity index (χ1) is 6.04. The minimum atomic E-state index is 0.432. The van der Waals surface area contributed by atoms with Gasteiger partial charge in [0, 0.05) is 19.5 Å². The lowest BCUT2D eigenvalue weighted by Gasteiger charge is -2.26. The third-order valence-electron chi connectivity index (χ3n) is 3.04. The molecule has 1 aliphatic heterocycles. The molecule has 2 nitrogen and oxygen atoms in total. The van der Waals surface area contributed by atoms with Gasteiger partial charge in [-0.3, -0.25) is 0 Å². The van der Waals surface area contributed by atoms with E-state index < -0.39 is 0 Å². The van der Waals surface area contributed by atoms with Crippen LogP contribution in [0.3, 0.4) is 0 Å². The van der Waals surface area contributed by atoms with Gasteiger partial charge < -0.3 is 4.90 Å². The van der Waals surface area contributed by atoms with Gasteiger partial charge in [-0.05, 0) is 24.3 Å². The fourth-order valence-corrected chi connectivity index (χ4v) is 1.95. The van der Waals surface area contributed by atoms with Gasteiger partial charge in [-0.1, -0.05) is 20.8 Å². The Bertz CT molecular complexity index is 197. The van der Waals surface area contributed by atoms with E-state index in [0.717, 1.165) is 12.5 Å². The van der Waals surface area contributed by atoms with Crippen LogP contribution in [0, 0.1) is 22.7 Å². The fourth-order valence-electron chi connectivity index (χ4n) is 1.95. The first kappa shape index (κ1) is 10.5. The van der Waals surface area contributed by atoms with Crippen LogP contribution >= 0.6 is 0 Å². The molecule has 0 bridgehead atoms. The van der Waals surface area contributed by atoms with Crippen LogP contribution in [0.25, 0.3) is 0 Å². The summed E-state index contributed by atoms with van der Waals surface area (Å²) in [4.78, 5) is 2.42. The van der Waals surface area contributed by atoms with Crippen molar-refractivity contribution in [2.24, 2.45) is 11.3 Å². The van der Waals surface area contributed by atoms with Crippen LogP contribution in [-0.4, -0.2) is 24.5 Å². The average Bonchev–Trinajstić information content (AvgIpc) is 2.47. The van der Waals surface area contributed by atoms with Gasteiger partial charge >= 0.3 is 0 Å². The molecule has 74 valence electrons. The lowest BCUT2D eigenvalue weighted by molar-refractivity contribution is 0.231. The molecule has 0 N–H and O–H groups in total. The van der Waals surface area contributed by atoms with Crippen molar-refractivity contribution in [1.29, 1.82) is 5.26 Å². The number of rotatable bonds is 2. The molecule has 1 rings (SSSR count). The van der Waals surface area contributed by atoms with Crippen molar-refractivity contribution < 1.29 is 0 Å². The van der Waals surface area contributed by atoms with Crippen LogP contribution in [0.1, 0.15) is 33.6 Å². The Labute approximate surface area is 81.5 Å². The van der Waals surface area contributed by atoms with Crippen molar-refractivity contribution >= 4 is 0 Å². The van der Waals surface area contributed by atoms with Gasteiger partial charge in [-0.2, -0.15) is 5.26 Å². The van der Waals surface area contributed by atoms with E-state index >= 15 is 0 Å². The number of hydrogen-bond donors (Lipinski definition) is 0. The van der Waals surface area contributed by atoms with Crippen molar-refractivity contribution in [2.75, 3.05) is 19.6 Å². The molecule has 0 aromatic carbocycles. The molecule has 2 heteroatoms. The first-order valence-electron chi connectivity index (χ1n) is 5.13. The van der Waals surface area contributed by atoms with Crippen molar-refractivity contribution in [1.82, 2.24) is 4.90 Å². The van der Waals surface area contributed by atoms with E-state index in [1.54, 1.807) is 0 Å². The summed E-state index contributed by atoms with van der Waals surface area (Å²) in [6.45, 7) is 10.3. The SMILES string of the molecule is CC(C)(C)C1CCN(CCC#N)C1. The van der Waals surface area contributed by atoms with Gasteiger partial charge in [0.05, 0.1) is 6.07 Å². The second-order valence-electron chi connectivity index (χ2n) is 5.06. The monoisotopic (exact) mass is 180 g/mol. The van der Waals surface area contributed by atoms with Crippen molar-refractivity contribution in [3.05, 3.63) is 0 Å². The third-order valence-corrected chi connectivity index (χ3v) is 3.04. The van der Waals surface area contributed by atoms with Crippen LogP contribution in [0.4, 0.5) is 0 Å². The van der Waals surface area contributed by atoms with Crippen molar-refractivity contribution in [2.45, 2.75) is 33.6 Å². The molecule has 0 spiro atoms. The van der Waals surface area contributed by atoms with Crippen molar-refractivity contribution in [3.63, 3.8) is 0 Å². The predicted octanol–water partition coefficient (Wildman–Crippen LogP) is 2.27. The molecular formula is C11H20N2. The Hall–Kier alpha value is -0.550. The van der Waals surface area contributed by atoms with E-state index in [-0.39, 0.29) is 0 Å². The molecule has 1 unspecified atom stereocenters. The molecule has 13 heavy (non-hydrogen) atoms. The largest absolute Gasteiger partial charge is 0.302 e. The normalized spacial score (nSPS) is 24.6. The van der Waals surface area contributed by atoms with Crippen LogP contribution in [0.2, 0.25) is 0 Å². The maximum absolute atomic E-state index is 8.48. The van der Waals surface area contributed by atoms with E-state index in [4.69, 9.17) is 5.26 Å². The highest BCUT2D eigenvalue weighted by Crippen LogP contribution is 2.33. The van der Waals surface area contributed by atoms with Gasteiger partial charge in [0.2, 0.25) is 0 Å². The zero-order valence-corrected chi connectivity index (χ0v) is 9.01. The van der Waals surface area contributed by atoms with Crippen molar-refractivity contribution in [3.8, 4) is 6.07 Å². The standard InChI is InChI=1S/C11H20N2/c1-11(2,3)10-5-8-13(9-10)7-4-6-12/h10H,4-5,7-9H2,1-3H3. The Morgan fingerprint density at radius 2 is 2.15 bits per heavy atom. The van der Waals surface area contributed by atoms with E-state index in [2.05, 4.69) is 31.7 Å². The molecule has 0 aromatic heterocycles. The van der Waals surface area contributed by atoms with Crippen LogP contribution in [-0.2, 0) is 0 Å². The Balaban J connectivity index is 2.33. The zero-order valence-electron chi connectivity index (χ0n) is 9.01. The molecule has 0 aromatic rings. The van der Waals surface area contributed by atoms with Crippen LogP contribution in [0.5, 0.6) is 0 Å². The molecule has 0 aliphatic carbocycles. The second-order valence-corrected chi connectivity index (χ2v) is 5.06. The highest BCUT2D eigenvalue weighted by atomic mass is 15.1. The molecule has 1 aliphatic rings. The zero-order chi connectivity index (χ0) is 9.90. The maximum Gasteiger partial charge on any atom is 0.0635 e. The fraction of sp³-hybridized carbons (Fsp3) is 0.909. The molecule has 0 saturated carbocycles. The lowest BCUT2D eigenvalue weighted by Crippen LogP contribution is -2.26. The summed E-state index contributed by atoms with van der Waals surface area (Å²) < 4.78 is 0. The summed E-state index contributed by atoms with van der Waals surface area (Å²) in [7, 11) is 0. The number of nitrogens with zero attached hydrogens (tertiary/aromatic N) is 2. The summed E-state index contributed by atoms with van der Waals surface area (Å²) >= 11 is 0. The summed E-state index contributed by atoms with van der Waals surface area (Å²) in [5.41, 5.74) is 0.432. The summed E-state index contributed by atoms with van der Waals surface area (Å²) in [5, 5.41) is 8.48. The summed E-state index contributed by atoms with van der Waals surface area (Å²) in [5.74, 6) is 0.811. The second kappa shape index (κ2) is 4.11. The van der Waals surface area contributed by atoms with Gasteiger partial charge in [0.1, 0.15) is 0 Å². The van der Waals surface area contributed by atoms with E-state index in [0.29, 0.717) is 11.8 Å². The third kappa shape index (κ3) is 3.00. The smallest absolute Gasteiger partial charge is 0.0635 e. The molecular weight excluding hydrogens is 160 g/mol. The van der Waals surface area contributed by atoms with Crippen LogP contribution < -0.4 is 0 Å². The van der Waals surface area contributed by atoms with Gasteiger partial charge in [0.15, 0.2) is 0 Å². The molecule has 0 radical (unpaired) electrons. The average molecular weight is 180 g/mol. The minimum Gasteiger partial charge on any atom is -0.302 e. The number of hydrogen-bond acceptors (Lipinski definition) is 2. The quantitative estimate of drug-likeness (QED) is 0.652. The summed E-state index contributed by atoms with van der Waals surface area (Å²) in [6.07, 6.45) is 1.98. The Morgan fingerprint density at radius 3 is 2.62 bits per heavy atom. The lowest BCUT2D eigenvalue weighted by atomic mass is 9.80. The van der Waals surface area contributed by atoms with E-state index in [1.165, 1.54) is 19.5 Å². The van der Waals surface area contributed by atoms with Gasteiger partial charge in [-0.25, -0.2) is 0 Å². The Morgan fingerprint density at radius 1 is 1.46 bits per heavy atom. The molecule has 1 heterocycles. The van der Waals surface area contributed by atoms with Crippen LogP contribution in [0.15, 0.2) is 0 Å². The minimum absolute atomic E-state index is 0.432. The van der Waals surface area contributed by atoms with Gasteiger partial charge in [0.25, 0.3) is 0 Å². The number of likely N-dealkylation sites (tertiary alicyclic amines) is 1. The summed E-state index contributed by atoms with van der Waals surface area (Å²) in [6, 6.07) is 2.21. The molecule has 0 amide bonds. The highest BCUT2D eigenvalue weighted by Gasteiger charge is 2.31. The van der Waals surface area contributed by atoms with Gasteiger partial charge in [-0.15, -0.1) is 0 Å². The maximum atomic E-state index is 8.48. The Kier molecular flexibility index (Phi) is 3.33. The van der Waals surface area contributed by atoms with E-state index in [1.807, 2.05) is 0 Å². The molecule has 1 atom stereocenters. The predicted molar refractivity (Wildman–Crippen MR) is 54.2 cm³/mol. The molecule has 1 fully saturated rings. The molecule has 1 saturated heterocycles. The first-order valence-corrected chi connectivity index (χ1v) is 5.13. The highest BCUT2D eigenvalue weighted by molar-refractivity contribution is 4.85. The number of nitriles is 1. The topological polar surface area (TPSA) is 27.0 Å². The van der Waals surface area contributed by atoms with E-state index in [9.17, 15) is 0 Å².